The molecule has 7 heteroatoms. The van der Waals surface area contributed by atoms with Crippen LogP contribution in [0.5, 0.6) is 0 Å². The number of halogens is 1. The standard InChI is InChI=1S/C16H11BrN2O4/c17-11-6-4-10(5-7-11)15-14(9-23-16(15)20)18-12-2-1-3-13(8-12)19(21)22/h1-8,18H,9H2. The molecule has 2 aromatic carbocycles. The maximum Gasteiger partial charge on any atom is 0.341 e. The minimum Gasteiger partial charge on any atom is -0.456 e. The molecule has 23 heavy (non-hydrogen) atoms. The predicted octanol–water partition coefficient (Wildman–Crippen LogP) is 3.74. The average Bonchev–Trinajstić information content (AvgIpc) is 2.89. The second-order valence-corrected chi connectivity index (χ2v) is 5.78. The SMILES string of the molecule is O=C1OCC(Nc2cccc([N+](=O)[O-])c2)=C1c1ccc(Br)cc1. The van der Waals surface area contributed by atoms with Gasteiger partial charge in [0.2, 0.25) is 0 Å². The maximum atomic E-state index is 12.0. The fourth-order valence-electron chi connectivity index (χ4n) is 2.28. The molecule has 3 rings (SSSR count). The van der Waals surface area contributed by atoms with Gasteiger partial charge in [0.05, 0.1) is 16.2 Å². The van der Waals surface area contributed by atoms with Gasteiger partial charge in [-0.3, -0.25) is 10.1 Å². The molecule has 0 saturated carbocycles. The highest BCUT2D eigenvalue weighted by Crippen LogP contribution is 2.29. The number of benzene rings is 2. The molecule has 0 radical (unpaired) electrons. The van der Waals surface area contributed by atoms with E-state index in [2.05, 4.69) is 21.2 Å². The molecule has 0 amide bonds. The van der Waals surface area contributed by atoms with Crippen LogP contribution < -0.4 is 5.32 Å². The molecule has 0 unspecified atom stereocenters. The number of ether oxygens (including phenoxy) is 1. The van der Waals surface area contributed by atoms with Gasteiger partial charge in [-0.05, 0) is 23.8 Å². The van der Waals surface area contributed by atoms with E-state index in [1.807, 2.05) is 12.1 Å². The van der Waals surface area contributed by atoms with Crippen LogP contribution >= 0.6 is 15.9 Å². The number of anilines is 1. The van der Waals surface area contributed by atoms with E-state index in [0.29, 0.717) is 17.0 Å². The van der Waals surface area contributed by atoms with Crippen molar-refractivity contribution in [2.75, 3.05) is 11.9 Å². The van der Waals surface area contributed by atoms with E-state index in [4.69, 9.17) is 4.74 Å². The summed E-state index contributed by atoms with van der Waals surface area (Å²) < 4.78 is 6.00. The smallest absolute Gasteiger partial charge is 0.341 e. The zero-order chi connectivity index (χ0) is 16.4. The fraction of sp³-hybridized carbons (Fsp3) is 0.0625. The number of non-ortho nitro benzene ring substituents is 1. The second kappa shape index (κ2) is 6.21. The predicted molar refractivity (Wildman–Crippen MR) is 88.7 cm³/mol. The first-order valence-corrected chi connectivity index (χ1v) is 7.51. The van der Waals surface area contributed by atoms with Crippen LogP contribution in [0.15, 0.2) is 58.7 Å². The monoisotopic (exact) mass is 374 g/mol. The number of hydrogen-bond acceptors (Lipinski definition) is 5. The number of esters is 1. The summed E-state index contributed by atoms with van der Waals surface area (Å²) in [5, 5.41) is 13.9. The van der Waals surface area contributed by atoms with Crippen molar-refractivity contribution in [3.05, 3.63) is 74.4 Å². The summed E-state index contributed by atoms with van der Waals surface area (Å²) in [6, 6.07) is 13.4. The number of nitro benzene ring substituents is 1. The van der Waals surface area contributed by atoms with Crippen molar-refractivity contribution in [3.63, 3.8) is 0 Å². The number of nitrogens with one attached hydrogen (secondary N) is 1. The van der Waals surface area contributed by atoms with Crippen molar-refractivity contribution >= 4 is 38.8 Å². The molecule has 0 fully saturated rings. The largest absolute Gasteiger partial charge is 0.456 e. The van der Waals surface area contributed by atoms with Gasteiger partial charge in [0.15, 0.2) is 0 Å². The third-order valence-electron chi connectivity index (χ3n) is 3.34. The molecule has 0 aliphatic carbocycles. The van der Waals surface area contributed by atoms with E-state index in [9.17, 15) is 14.9 Å². The zero-order valence-corrected chi connectivity index (χ0v) is 13.4. The van der Waals surface area contributed by atoms with Crippen molar-refractivity contribution in [3.8, 4) is 0 Å². The average molecular weight is 375 g/mol. The molecule has 0 atom stereocenters. The normalized spacial score (nSPS) is 13.9. The lowest BCUT2D eigenvalue weighted by Gasteiger charge is -2.08. The maximum absolute atomic E-state index is 12.0. The Bertz CT molecular complexity index is 815. The van der Waals surface area contributed by atoms with Crippen LogP contribution in [0.1, 0.15) is 5.56 Å². The Morgan fingerprint density at radius 3 is 2.61 bits per heavy atom. The summed E-state index contributed by atoms with van der Waals surface area (Å²) in [6.45, 7) is 0.104. The molecule has 6 nitrogen and oxygen atoms in total. The second-order valence-electron chi connectivity index (χ2n) is 4.87. The van der Waals surface area contributed by atoms with E-state index in [-0.39, 0.29) is 12.3 Å². The van der Waals surface area contributed by atoms with Gasteiger partial charge in [-0.25, -0.2) is 4.79 Å². The highest BCUT2D eigenvalue weighted by molar-refractivity contribution is 9.10. The lowest BCUT2D eigenvalue weighted by molar-refractivity contribution is -0.384. The Kier molecular flexibility index (Phi) is 4.12. The van der Waals surface area contributed by atoms with E-state index in [1.165, 1.54) is 12.1 Å². The van der Waals surface area contributed by atoms with E-state index >= 15 is 0 Å². The van der Waals surface area contributed by atoms with Crippen molar-refractivity contribution in [2.24, 2.45) is 0 Å². The lowest BCUT2D eigenvalue weighted by atomic mass is 10.1. The molecule has 0 spiro atoms. The van der Waals surface area contributed by atoms with Gasteiger partial charge in [-0.2, -0.15) is 0 Å². The van der Waals surface area contributed by atoms with Crippen LogP contribution in [0.4, 0.5) is 11.4 Å². The molecule has 0 bridgehead atoms. The molecule has 0 saturated heterocycles. The Morgan fingerprint density at radius 2 is 1.91 bits per heavy atom. The number of carbonyl (C=O) groups excluding carboxylic acids is 1. The van der Waals surface area contributed by atoms with E-state index in [1.54, 1.807) is 24.3 Å². The van der Waals surface area contributed by atoms with Crippen molar-refractivity contribution in [1.82, 2.24) is 0 Å². The summed E-state index contributed by atoms with van der Waals surface area (Å²) in [4.78, 5) is 22.4. The van der Waals surface area contributed by atoms with Crippen LogP contribution in [0, 0.1) is 10.1 Å². The summed E-state index contributed by atoms with van der Waals surface area (Å²) in [7, 11) is 0. The number of carbonyl (C=O) groups is 1. The summed E-state index contributed by atoms with van der Waals surface area (Å²) in [6.07, 6.45) is 0. The number of nitro groups is 1. The van der Waals surface area contributed by atoms with Gasteiger partial charge in [-0.15, -0.1) is 0 Å². The Labute approximate surface area is 140 Å². The molecule has 1 aliphatic rings. The van der Waals surface area contributed by atoms with Gasteiger partial charge < -0.3 is 10.1 Å². The minimum atomic E-state index is -0.467. The van der Waals surface area contributed by atoms with Gasteiger partial charge in [-0.1, -0.05) is 34.1 Å². The number of nitrogens with zero attached hydrogens (tertiary/aromatic N) is 1. The number of cyclic esters (lactones) is 1. The summed E-state index contributed by atoms with van der Waals surface area (Å²) >= 11 is 3.35. The van der Waals surface area contributed by atoms with E-state index in [0.717, 1.165) is 10.0 Å². The molecule has 0 aromatic heterocycles. The third kappa shape index (κ3) is 3.24. The van der Waals surface area contributed by atoms with Crippen molar-refractivity contribution in [1.29, 1.82) is 0 Å². The van der Waals surface area contributed by atoms with Gasteiger partial charge in [0.1, 0.15) is 6.61 Å². The highest BCUT2D eigenvalue weighted by Gasteiger charge is 2.26. The Morgan fingerprint density at radius 1 is 1.17 bits per heavy atom. The molecule has 1 heterocycles. The first kappa shape index (κ1) is 15.2. The molecule has 2 aromatic rings. The Hall–Kier alpha value is -2.67. The van der Waals surface area contributed by atoms with Gasteiger partial charge >= 0.3 is 5.97 Å². The van der Waals surface area contributed by atoms with Gasteiger partial charge in [0, 0.05) is 22.3 Å². The van der Waals surface area contributed by atoms with Crippen LogP contribution in [0.3, 0.4) is 0 Å². The first-order chi connectivity index (χ1) is 11.0. The number of hydrogen-bond donors (Lipinski definition) is 1. The lowest BCUT2D eigenvalue weighted by Crippen LogP contribution is -2.03. The molecule has 116 valence electrons. The van der Waals surface area contributed by atoms with Crippen molar-refractivity contribution < 1.29 is 14.5 Å². The Balaban J connectivity index is 1.96. The molecule has 1 N–H and O–H groups in total. The van der Waals surface area contributed by atoms with E-state index < -0.39 is 10.9 Å². The fourth-order valence-corrected chi connectivity index (χ4v) is 2.55. The minimum absolute atomic E-state index is 0.0222. The van der Waals surface area contributed by atoms with Crippen LogP contribution in [-0.4, -0.2) is 17.5 Å². The number of rotatable bonds is 4. The summed E-state index contributed by atoms with van der Waals surface area (Å²) in [5.41, 5.74) is 2.25. The third-order valence-corrected chi connectivity index (χ3v) is 3.87. The topological polar surface area (TPSA) is 81.5 Å². The molecule has 1 aliphatic heterocycles. The van der Waals surface area contributed by atoms with Crippen molar-refractivity contribution in [2.45, 2.75) is 0 Å². The highest BCUT2D eigenvalue weighted by atomic mass is 79.9. The summed E-state index contributed by atoms with van der Waals surface area (Å²) in [5.74, 6) is -0.416. The van der Waals surface area contributed by atoms with Crippen LogP contribution in [0.2, 0.25) is 0 Å². The first-order valence-electron chi connectivity index (χ1n) is 6.72. The zero-order valence-electron chi connectivity index (χ0n) is 11.8. The van der Waals surface area contributed by atoms with Gasteiger partial charge in [0.25, 0.3) is 5.69 Å². The van der Waals surface area contributed by atoms with Crippen LogP contribution in [-0.2, 0) is 9.53 Å². The van der Waals surface area contributed by atoms with Crippen LogP contribution in [0.25, 0.3) is 5.57 Å². The molecular weight excluding hydrogens is 364 g/mol. The molecular formula is C16H11BrN2O4. The quantitative estimate of drug-likeness (QED) is 0.500.